The first-order valence-corrected chi connectivity index (χ1v) is 12.2. The maximum atomic E-state index is 9.13. The summed E-state index contributed by atoms with van der Waals surface area (Å²) in [6.45, 7) is 0.741. The summed E-state index contributed by atoms with van der Waals surface area (Å²) in [5.41, 5.74) is 5.37. The lowest BCUT2D eigenvalue weighted by Gasteiger charge is -2.18. The van der Waals surface area contributed by atoms with Crippen LogP contribution in [0.1, 0.15) is 11.1 Å². The van der Waals surface area contributed by atoms with E-state index in [0.29, 0.717) is 6.54 Å². The topological polar surface area (TPSA) is 32.5 Å². The highest BCUT2D eigenvalue weighted by molar-refractivity contribution is 9.10. The summed E-state index contributed by atoms with van der Waals surface area (Å²) < 4.78 is 10.4. The lowest BCUT2D eigenvalue weighted by atomic mass is 10.0. The highest BCUT2D eigenvalue weighted by Gasteiger charge is 2.14. The third-order valence-corrected chi connectivity index (χ3v) is 6.39. The van der Waals surface area contributed by atoms with E-state index in [1.165, 1.54) is 0 Å². The van der Waals surface area contributed by atoms with Crippen molar-refractivity contribution < 1.29 is 14.4 Å². The molecule has 3 nitrogen and oxygen atoms in total. The molecular weight excluding hydrogens is 542 g/mol. The van der Waals surface area contributed by atoms with Gasteiger partial charge in [0.2, 0.25) is 0 Å². The molecule has 0 unspecified atom stereocenters. The standard InChI is InChI=1S/C28H24Br2NO2/c1-31(16-17-32)26-13-2-20(3-14-26)4-15-27-18-23(21-5-9-24(29)10-6-21)19-28(33-27)22-7-11-25(30)12-8-22/h2-15,18-19,32H,16-17H2,1H3/q+1/b20-4?,27-15+,31-26?. The van der Waals surface area contributed by atoms with Gasteiger partial charge in [-0.05, 0) is 71.4 Å². The molecule has 2 aliphatic rings. The summed E-state index contributed by atoms with van der Waals surface area (Å²) >= 11 is 7.02. The largest absolute Gasteiger partial charge is 0.457 e. The van der Waals surface area contributed by atoms with Gasteiger partial charge in [-0.1, -0.05) is 62.2 Å². The number of likely N-dealkylation sites (N-methyl/N-ethyl adjacent to an activating group) is 1. The molecule has 0 saturated heterocycles. The number of halogens is 2. The van der Waals surface area contributed by atoms with Crippen molar-refractivity contribution in [1.82, 2.24) is 0 Å². The van der Waals surface area contributed by atoms with E-state index in [-0.39, 0.29) is 6.61 Å². The molecule has 4 rings (SSSR count). The van der Waals surface area contributed by atoms with Crippen LogP contribution in [-0.4, -0.2) is 35.6 Å². The molecule has 0 aromatic heterocycles. The van der Waals surface area contributed by atoms with Gasteiger partial charge in [-0.25, -0.2) is 4.58 Å². The average molecular weight is 566 g/mol. The van der Waals surface area contributed by atoms with Crippen LogP contribution in [-0.2, 0) is 4.74 Å². The number of hydrogen-bond donors (Lipinski definition) is 1. The van der Waals surface area contributed by atoms with Crippen LogP contribution in [0.3, 0.4) is 0 Å². The van der Waals surface area contributed by atoms with Crippen molar-refractivity contribution in [3.8, 4) is 0 Å². The summed E-state index contributed by atoms with van der Waals surface area (Å²) in [6.07, 6.45) is 16.4. The molecule has 166 valence electrons. The van der Waals surface area contributed by atoms with Crippen LogP contribution in [0.4, 0.5) is 0 Å². The Morgan fingerprint density at radius 1 is 0.818 bits per heavy atom. The van der Waals surface area contributed by atoms with E-state index >= 15 is 0 Å². The second-order valence-electron chi connectivity index (χ2n) is 7.70. The third-order valence-electron chi connectivity index (χ3n) is 5.33. The number of ether oxygens (including phenoxy) is 1. The Bertz CT molecular complexity index is 1220. The summed E-state index contributed by atoms with van der Waals surface area (Å²) in [5, 5.41) is 9.13. The highest BCUT2D eigenvalue weighted by Crippen LogP contribution is 2.32. The van der Waals surface area contributed by atoms with Gasteiger partial charge in [-0.15, -0.1) is 0 Å². The zero-order chi connectivity index (χ0) is 23.2. The van der Waals surface area contributed by atoms with Crippen LogP contribution in [0.5, 0.6) is 0 Å². The van der Waals surface area contributed by atoms with Crippen LogP contribution in [0, 0.1) is 0 Å². The van der Waals surface area contributed by atoms with Crippen molar-refractivity contribution in [3.63, 3.8) is 0 Å². The van der Waals surface area contributed by atoms with Gasteiger partial charge in [-0.2, -0.15) is 0 Å². The highest BCUT2D eigenvalue weighted by atomic mass is 79.9. The second-order valence-corrected chi connectivity index (χ2v) is 9.53. The molecule has 5 heteroatoms. The molecule has 0 bridgehead atoms. The van der Waals surface area contributed by atoms with E-state index in [9.17, 15) is 0 Å². The minimum absolute atomic E-state index is 0.134. The van der Waals surface area contributed by atoms with Crippen LogP contribution < -0.4 is 0 Å². The second kappa shape index (κ2) is 10.9. The first kappa shape index (κ1) is 23.4. The molecule has 2 aromatic carbocycles. The summed E-state index contributed by atoms with van der Waals surface area (Å²) in [6, 6.07) is 16.4. The van der Waals surface area contributed by atoms with Crippen LogP contribution >= 0.6 is 31.9 Å². The lowest BCUT2D eigenvalue weighted by Crippen LogP contribution is -2.18. The minimum Gasteiger partial charge on any atom is -0.457 e. The number of nitrogens with zero attached hydrogens (tertiary/aromatic N) is 1. The Kier molecular flexibility index (Phi) is 7.76. The number of rotatable bonds is 5. The Hall–Kier alpha value is -2.73. The van der Waals surface area contributed by atoms with E-state index < -0.39 is 0 Å². The molecule has 0 atom stereocenters. The van der Waals surface area contributed by atoms with Gasteiger partial charge in [0.1, 0.15) is 25.2 Å². The smallest absolute Gasteiger partial charge is 0.199 e. The number of aliphatic hydroxyl groups is 1. The number of hydrogen-bond acceptors (Lipinski definition) is 2. The lowest BCUT2D eigenvalue weighted by molar-refractivity contribution is -0.498. The molecule has 1 aliphatic carbocycles. The van der Waals surface area contributed by atoms with Gasteiger partial charge in [0.15, 0.2) is 12.3 Å². The van der Waals surface area contributed by atoms with E-state index in [1.54, 1.807) is 0 Å². The molecule has 2 aromatic rings. The molecule has 1 heterocycles. The number of benzene rings is 2. The van der Waals surface area contributed by atoms with Crippen molar-refractivity contribution in [2.24, 2.45) is 0 Å². The maximum absolute atomic E-state index is 9.13. The normalized spacial score (nSPS) is 16.4. The molecule has 1 aliphatic heterocycles. The molecule has 0 fully saturated rings. The van der Waals surface area contributed by atoms with E-state index in [4.69, 9.17) is 9.84 Å². The van der Waals surface area contributed by atoms with Gasteiger partial charge < -0.3 is 9.84 Å². The average Bonchev–Trinajstić information content (AvgIpc) is 2.84. The summed E-state index contributed by atoms with van der Waals surface area (Å²) in [7, 11) is 1.97. The van der Waals surface area contributed by atoms with Crippen LogP contribution in [0.15, 0.2) is 117 Å². The molecular formula is C28H24Br2NO2+. The van der Waals surface area contributed by atoms with Crippen molar-refractivity contribution in [2.45, 2.75) is 0 Å². The quantitative estimate of drug-likeness (QED) is 0.410. The number of allylic oxidation sites excluding steroid dienone is 10. The fourth-order valence-electron chi connectivity index (χ4n) is 3.47. The van der Waals surface area contributed by atoms with Crippen molar-refractivity contribution in [2.75, 3.05) is 20.2 Å². The van der Waals surface area contributed by atoms with Crippen molar-refractivity contribution >= 4 is 48.9 Å². The molecule has 0 amide bonds. The first-order valence-electron chi connectivity index (χ1n) is 10.6. The number of aliphatic hydroxyl groups excluding tert-OH is 1. The van der Waals surface area contributed by atoms with E-state index in [1.807, 2.05) is 60.2 Å². The van der Waals surface area contributed by atoms with Gasteiger partial charge in [0, 0.05) is 26.7 Å². The van der Waals surface area contributed by atoms with Gasteiger partial charge in [0.05, 0.1) is 0 Å². The fraction of sp³-hybridized carbons (Fsp3) is 0.107. The van der Waals surface area contributed by atoms with Crippen LogP contribution in [0.2, 0.25) is 0 Å². The Labute approximate surface area is 211 Å². The van der Waals surface area contributed by atoms with Crippen molar-refractivity contribution in [3.05, 3.63) is 129 Å². The molecule has 0 spiro atoms. The van der Waals surface area contributed by atoms with Gasteiger partial charge in [0.25, 0.3) is 0 Å². The summed E-state index contributed by atoms with van der Waals surface area (Å²) in [4.78, 5) is 0. The molecule has 0 saturated carbocycles. The van der Waals surface area contributed by atoms with Gasteiger partial charge in [-0.3, -0.25) is 0 Å². The molecule has 1 N–H and O–H groups in total. The Morgan fingerprint density at radius 3 is 2.03 bits per heavy atom. The SMILES string of the molecule is C[N+](CCO)=C1C=CC(=C/C=C2\C=C(c3ccc(Br)cc3)C=C(c3ccc(Br)cc3)O2)C=C1. The molecule has 33 heavy (non-hydrogen) atoms. The zero-order valence-corrected chi connectivity index (χ0v) is 21.4. The van der Waals surface area contributed by atoms with Gasteiger partial charge >= 0.3 is 0 Å². The predicted molar refractivity (Wildman–Crippen MR) is 143 cm³/mol. The monoisotopic (exact) mass is 564 g/mol. The maximum Gasteiger partial charge on any atom is 0.199 e. The minimum atomic E-state index is 0.134. The molecule has 0 radical (unpaired) electrons. The van der Waals surface area contributed by atoms with E-state index in [2.05, 4.69) is 80.4 Å². The van der Waals surface area contributed by atoms with Crippen molar-refractivity contribution in [1.29, 1.82) is 0 Å². The third kappa shape index (κ3) is 6.20. The van der Waals surface area contributed by atoms with Crippen LogP contribution in [0.25, 0.3) is 11.3 Å². The Morgan fingerprint density at radius 2 is 1.42 bits per heavy atom. The Balaban J connectivity index is 1.65. The zero-order valence-electron chi connectivity index (χ0n) is 18.2. The fourth-order valence-corrected chi connectivity index (χ4v) is 4.00. The first-order chi connectivity index (χ1) is 16.0. The predicted octanol–water partition coefficient (Wildman–Crippen LogP) is 6.68. The van der Waals surface area contributed by atoms with E-state index in [0.717, 1.165) is 48.4 Å². The summed E-state index contributed by atoms with van der Waals surface area (Å²) in [5.74, 6) is 1.58.